The van der Waals surface area contributed by atoms with Gasteiger partial charge in [0.25, 0.3) is 0 Å². The van der Waals surface area contributed by atoms with Crippen molar-refractivity contribution in [3.8, 4) is 0 Å². The summed E-state index contributed by atoms with van der Waals surface area (Å²) >= 11 is 0. The molecule has 0 aliphatic heterocycles. The van der Waals surface area contributed by atoms with Gasteiger partial charge < -0.3 is 15.4 Å². The standard InChI is InChI=1S/C19H22N2O3/c1-24-19(23)16-7-9-17(10-8-16)21-18(22)12-14-20-13-11-15-5-3-2-4-6-15/h2-10,20H,11-14H2,1H3,(H,21,22). The van der Waals surface area contributed by atoms with Crippen LogP contribution in [0.4, 0.5) is 5.69 Å². The quantitative estimate of drug-likeness (QED) is 0.578. The summed E-state index contributed by atoms with van der Waals surface area (Å²) in [6.45, 7) is 1.46. The molecule has 0 spiro atoms. The van der Waals surface area contributed by atoms with E-state index in [4.69, 9.17) is 0 Å². The monoisotopic (exact) mass is 326 g/mol. The van der Waals surface area contributed by atoms with Crippen molar-refractivity contribution in [2.45, 2.75) is 12.8 Å². The van der Waals surface area contributed by atoms with Gasteiger partial charge in [0.1, 0.15) is 0 Å². The molecule has 126 valence electrons. The van der Waals surface area contributed by atoms with Crippen LogP contribution in [-0.2, 0) is 16.0 Å². The molecule has 0 aromatic heterocycles. The second-order valence-electron chi connectivity index (χ2n) is 5.35. The molecule has 1 amide bonds. The number of rotatable bonds is 8. The Morgan fingerprint density at radius 1 is 0.958 bits per heavy atom. The fourth-order valence-corrected chi connectivity index (χ4v) is 2.24. The third-order valence-corrected chi connectivity index (χ3v) is 3.55. The van der Waals surface area contributed by atoms with Gasteiger partial charge >= 0.3 is 5.97 Å². The molecule has 24 heavy (non-hydrogen) atoms. The van der Waals surface area contributed by atoms with E-state index in [1.165, 1.54) is 12.7 Å². The van der Waals surface area contributed by atoms with Crippen LogP contribution in [0.15, 0.2) is 54.6 Å². The SMILES string of the molecule is COC(=O)c1ccc(NC(=O)CCNCCc2ccccc2)cc1. The van der Waals surface area contributed by atoms with Crippen LogP contribution in [0.1, 0.15) is 22.3 Å². The zero-order valence-electron chi connectivity index (χ0n) is 13.7. The van der Waals surface area contributed by atoms with Gasteiger partial charge in [-0.05, 0) is 42.8 Å². The molecule has 0 fully saturated rings. The van der Waals surface area contributed by atoms with Crippen molar-refractivity contribution >= 4 is 17.6 Å². The zero-order valence-corrected chi connectivity index (χ0v) is 13.7. The van der Waals surface area contributed by atoms with E-state index in [1.54, 1.807) is 24.3 Å². The van der Waals surface area contributed by atoms with Crippen LogP contribution < -0.4 is 10.6 Å². The Labute approximate surface area is 142 Å². The van der Waals surface area contributed by atoms with Crippen LogP contribution in [0.2, 0.25) is 0 Å². The maximum Gasteiger partial charge on any atom is 0.337 e. The molecule has 0 radical (unpaired) electrons. The van der Waals surface area contributed by atoms with E-state index >= 15 is 0 Å². The van der Waals surface area contributed by atoms with Gasteiger partial charge in [-0.2, -0.15) is 0 Å². The fourth-order valence-electron chi connectivity index (χ4n) is 2.24. The Bertz CT molecular complexity index is 654. The van der Waals surface area contributed by atoms with Crippen molar-refractivity contribution in [2.24, 2.45) is 0 Å². The Morgan fingerprint density at radius 3 is 2.33 bits per heavy atom. The second-order valence-corrected chi connectivity index (χ2v) is 5.35. The van der Waals surface area contributed by atoms with E-state index in [9.17, 15) is 9.59 Å². The predicted octanol–water partition coefficient (Wildman–Crippen LogP) is 2.63. The number of hydrogen-bond donors (Lipinski definition) is 2. The highest BCUT2D eigenvalue weighted by Crippen LogP contribution is 2.10. The van der Waals surface area contributed by atoms with E-state index in [0.717, 1.165) is 13.0 Å². The van der Waals surface area contributed by atoms with Crippen LogP contribution in [-0.4, -0.2) is 32.1 Å². The van der Waals surface area contributed by atoms with E-state index in [2.05, 4.69) is 27.5 Å². The summed E-state index contributed by atoms with van der Waals surface area (Å²) in [5, 5.41) is 6.06. The summed E-state index contributed by atoms with van der Waals surface area (Å²) in [5.74, 6) is -0.455. The third kappa shape index (κ3) is 5.85. The number of carbonyl (C=O) groups is 2. The molecular formula is C19H22N2O3. The highest BCUT2D eigenvalue weighted by Gasteiger charge is 2.06. The lowest BCUT2D eigenvalue weighted by atomic mass is 10.1. The number of hydrogen-bond acceptors (Lipinski definition) is 4. The van der Waals surface area contributed by atoms with Crippen molar-refractivity contribution < 1.29 is 14.3 Å². The van der Waals surface area contributed by atoms with Gasteiger partial charge in [-0.3, -0.25) is 4.79 Å². The number of benzene rings is 2. The number of nitrogens with one attached hydrogen (secondary N) is 2. The molecule has 2 rings (SSSR count). The summed E-state index contributed by atoms with van der Waals surface area (Å²) < 4.78 is 4.63. The van der Waals surface area contributed by atoms with Gasteiger partial charge in [-0.15, -0.1) is 0 Å². The van der Waals surface area contributed by atoms with Gasteiger partial charge in [-0.1, -0.05) is 30.3 Å². The number of anilines is 1. The summed E-state index contributed by atoms with van der Waals surface area (Å²) in [4.78, 5) is 23.2. The van der Waals surface area contributed by atoms with Gasteiger partial charge in [-0.25, -0.2) is 4.79 Å². The Kier molecular flexibility index (Phi) is 6.98. The van der Waals surface area contributed by atoms with Gasteiger partial charge in [0.2, 0.25) is 5.91 Å². The predicted molar refractivity (Wildman–Crippen MR) is 94.0 cm³/mol. The van der Waals surface area contributed by atoms with Crippen LogP contribution >= 0.6 is 0 Å². The number of ether oxygens (including phenoxy) is 1. The average Bonchev–Trinajstić information content (AvgIpc) is 2.62. The van der Waals surface area contributed by atoms with Crippen molar-refractivity contribution in [1.82, 2.24) is 5.32 Å². The molecule has 0 atom stereocenters. The lowest BCUT2D eigenvalue weighted by Gasteiger charge is -2.07. The Morgan fingerprint density at radius 2 is 1.67 bits per heavy atom. The first-order valence-electron chi connectivity index (χ1n) is 7.92. The molecule has 0 heterocycles. The smallest absolute Gasteiger partial charge is 0.337 e. The Balaban J connectivity index is 1.65. The minimum atomic E-state index is -0.393. The summed E-state index contributed by atoms with van der Waals surface area (Å²) in [6.07, 6.45) is 1.34. The summed E-state index contributed by atoms with van der Waals surface area (Å²) in [6, 6.07) is 16.8. The van der Waals surface area contributed by atoms with Gasteiger partial charge in [0.05, 0.1) is 12.7 Å². The molecule has 0 aliphatic rings. The topological polar surface area (TPSA) is 67.4 Å². The number of methoxy groups -OCH3 is 1. The second kappa shape index (κ2) is 9.47. The van der Waals surface area contributed by atoms with Crippen LogP contribution in [0, 0.1) is 0 Å². The third-order valence-electron chi connectivity index (χ3n) is 3.55. The molecule has 0 aliphatic carbocycles. The average molecular weight is 326 g/mol. The van der Waals surface area contributed by atoms with Crippen LogP contribution in [0.25, 0.3) is 0 Å². The lowest BCUT2D eigenvalue weighted by Crippen LogP contribution is -2.23. The molecule has 0 bridgehead atoms. The molecule has 5 nitrogen and oxygen atoms in total. The highest BCUT2D eigenvalue weighted by molar-refractivity contribution is 5.93. The first-order valence-corrected chi connectivity index (χ1v) is 7.92. The molecule has 2 aromatic carbocycles. The number of esters is 1. The van der Waals surface area contributed by atoms with Crippen molar-refractivity contribution in [2.75, 3.05) is 25.5 Å². The van der Waals surface area contributed by atoms with E-state index in [-0.39, 0.29) is 5.91 Å². The maximum absolute atomic E-state index is 11.9. The summed E-state index contributed by atoms with van der Waals surface area (Å²) in [5.41, 5.74) is 2.40. The molecule has 5 heteroatoms. The largest absolute Gasteiger partial charge is 0.465 e. The molecule has 0 unspecified atom stereocenters. The van der Waals surface area contributed by atoms with Crippen molar-refractivity contribution in [1.29, 1.82) is 0 Å². The summed E-state index contributed by atoms with van der Waals surface area (Å²) in [7, 11) is 1.34. The number of carbonyl (C=O) groups excluding carboxylic acids is 2. The maximum atomic E-state index is 11.9. The van der Waals surface area contributed by atoms with Gasteiger partial charge in [0.15, 0.2) is 0 Å². The molecular weight excluding hydrogens is 304 g/mol. The number of amides is 1. The molecule has 2 aromatic rings. The highest BCUT2D eigenvalue weighted by atomic mass is 16.5. The molecule has 2 N–H and O–H groups in total. The lowest BCUT2D eigenvalue weighted by molar-refractivity contribution is -0.116. The minimum absolute atomic E-state index is 0.0620. The van der Waals surface area contributed by atoms with E-state index < -0.39 is 5.97 Å². The van der Waals surface area contributed by atoms with Crippen molar-refractivity contribution in [3.63, 3.8) is 0 Å². The fraction of sp³-hybridized carbons (Fsp3) is 0.263. The van der Waals surface area contributed by atoms with Crippen molar-refractivity contribution in [3.05, 3.63) is 65.7 Å². The van der Waals surface area contributed by atoms with Gasteiger partial charge in [0, 0.05) is 18.7 Å². The normalized spacial score (nSPS) is 10.2. The van der Waals surface area contributed by atoms with E-state index in [0.29, 0.717) is 24.2 Å². The molecule has 0 saturated heterocycles. The zero-order chi connectivity index (χ0) is 17.2. The van der Waals surface area contributed by atoms with E-state index in [1.807, 2.05) is 18.2 Å². The van der Waals surface area contributed by atoms with Crippen LogP contribution in [0.5, 0.6) is 0 Å². The first-order chi connectivity index (χ1) is 11.7. The van der Waals surface area contributed by atoms with Crippen LogP contribution in [0.3, 0.4) is 0 Å². The Hall–Kier alpha value is -2.66. The minimum Gasteiger partial charge on any atom is -0.465 e. The first kappa shape index (κ1) is 17.7. The molecule has 0 saturated carbocycles.